The Morgan fingerprint density at radius 2 is 2.16 bits per heavy atom. The molecule has 3 rings (SSSR count). The van der Waals surface area contributed by atoms with E-state index in [-0.39, 0.29) is 11.6 Å². The van der Waals surface area contributed by atoms with Crippen molar-refractivity contribution in [3.63, 3.8) is 0 Å². The van der Waals surface area contributed by atoms with Gasteiger partial charge in [-0.2, -0.15) is 4.98 Å². The normalized spacial score (nSPS) is 12.7. The molecule has 2 heterocycles. The lowest BCUT2D eigenvalue weighted by atomic mass is 10.1. The molecule has 0 radical (unpaired) electrons. The molecule has 0 bridgehead atoms. The molecule has 0 amide bonds. The van der Waals surface area contributed by atoms with E-state index in [0.29, 0.717) is 30.4 Å². The number of benzene rings is 1. The van der Waals surface area contributed by atoms with Crippen molar-refractivity contribution >= 4 is 10.9 Å². The summed E-state index contributed by atoms with van der Waals surface area (Å²) in [5, 5.41) is 4.76. The van der Waals surface area contributed by atoms with Gasteiger partial charge in [-0.05, 0) is 52.1 Å². The van der Waals surface area contributed by atoms with Gasteiger partial charge in [0.1, 0.15) is 5.75 Å². The first-order valence-corrected chi connectivity index (χ1v) is 8.27. The van der Waals surface area contributed by atoms with Gasteiger partial charge in [-0.15, -0.1) is 0 Å². The highest BCUT2D eigenvalue weighted by Crippen LogP contribution is 2.21. The van der Waals surface area contributed by atoms with E-state index in [9.17, 15) is 4.79 Å². The van der Waals surface area contributed by atoms with Crippen molar-refractivity contribution in [1.29, 1.82) is 0 Å². The molecule has 25 heavy (non-hydrogen) atoms. The number of hydrogen-bond donors (Lipinski definition) is 1. The standard InChI is InChI=1S/C18H22N4O3/c1-5-24-15-6-7-16-13(9-15)8-14(17(23)20-16)10-22(4)11(2)18-19-12(3)21-25-18/h6-9,11H,5,10H2,1-4H3,(H,20,23)/t11-/m0/s1. The Labute approximate surface area is 145 Å². The van der Waals surface area contributed by atoms with Crippen LogP contribution in [0.2, 0.25) is 0 Å². The summed E-state index contributed by atoms with van der Waals surface area (Å²) >= 11 is 0. The molecule has 0 saturated carbocycles. The van der Waals surface area contributed by atoms with Gasteiger partial charge in [-0.25, -0.2) is 0 Å². The first-order chi connectivity index (χ1) is 12.0. The lowest BCUT2D eigenvalue weighted by Gasteiger charge is -2.21. The third-order valence-corrected chi connectivity index (χ3v) is 4.19. The lowest BCUT2D eigenvalue weighted by molar-refractivity contribution is 0.202. The minimum atomic E-state index is -0.0996. The number of pyridine rings is 1. The van der Waals surface area contributed by atoms with Gasteiger partial charge < -0.3 is 14.2 Å². The molecule has 0 aliphatic heterocycles. The maximum atomic E-state index is 12.4. The van der Waals surface area contributed by atoms with Gasteiger partial charge in [0, 0.05) is 23.0 Å². The van der Waals surface area contributed by atoms with Gasteiger partial charge in [0.2, 0.25) is 5.89 Å². The Kier molecular flexibility index (Phi) is 4.85. The summed E-state index contributed by atoms with van der Waals surface area (Å²) in [6.45, 7) is 6.76. The predicted molar refractivity (Wildman–Crippen MR) is 94.7 cm³/mol. The molecule has 0 saturated heterocycles. The van der Waals surface area contributed by atoms with E-state index in [1.165, 1.54) is 0 Å². The van der Waals surface area contributed by atoms with Crippen LogP contribution in [0.3, 0.4) is 0 Å². The van der Waals surface area contributed by atoms with Crippen molar-refractivity contribution in [2.45, 2.75) is 33.4 Å². The van der Waals surface area contributed by atoms with Crippen molar-refractivity contribution in [2.75, 3.05) is 13.7 Å². The zero-order chi connectivity index (χ0) is 18.0. The molecular formula is C18H22N4O3. The summed E-state index contributed by atoms with van der Waals surface area (Å²) in [4.78, 5) is 21.6. The monoisotopic (exact) mass is 342 g/mol. The number of fused-ring (bicyclic) bond motifs is 1. The molecular weight excluding hydrogens is 320 g/mol. The van der Waals surface area contributed by atoms with Crippen LogP contribution in [-0.2, 0) is 6.54 Å². The highest BCUT2D eigenvalue weighted by molar-refractivity contribution is 5.80. The number of aryl methyl sites for hydroxylation is 1. The van der Waals surface area contributed by atoms with E-state index in [0.717, 1.165) is 16.7 Å². The van der Waals surface area contributed by atoms with Crippen molar-refractivity contribution in [3.05, 3.63) is 51.9 Å². The van der Waals surface area contributed by atoms with Crippen LogP contribution in [0.25, 0.3) is 10.9 Å². The van der Waals surface area contributed by atoms with Crippen LogP contribution in [0.1, 0.15) is 37.2 Å². The molecule has 1 N–H and O–H groups in total. The van der Waals surface area contributed by atoms with Crippen LogP contribution in [0.5, 0.6) is 5.75 Å². The van der Waals surface area contributed by atoms with Crippen LogP contribution < -0.4 is 10.3 Å². The SMILES string of the molecule is CCOc1ccc2[nH]c(=O)c(CN(C)[C@@H](C)c3nc(C)no3)cc2c1. The number of ether oxygens (including phenoxy) is 1. The highest BCUT2D eigenvalue weighted by atomic mass is 16.5. The second kappa shape index (κ2) is 7.06. The number of hydrogen-bond acceptors (Lipinski definition) is 6. The molecule has 132 valence electrons. The van der Waals surface area contributed by atoms with Crippen LogP contribution in [-0.4, -0.2) is 33.7 Å². The van der Waals surface area contributed by atoms with Crippen LogP contribution >= 0.6 is 0 Å². The zero-order valence-electron chi connectivity index (χ0n) is 14.9. The van der Waals surface area contributed by atoms with E-state index in [2.05, 4.69) is 15.1 Å². The number of nitrogens with one attached hydrogen (secondary N) is 1. The minimum Gasteiger partial charge on any atom is -0.494 e. The van der Waals surface area contributed by atoms with Crippen LogP contribution in [0, 0.1) is 6.92 Å². The molecule has 1 atom stereocenters. The number of nitrogens with zero attached hydrogens (tertiary/aromatic N) is 3. The lowest BCUT2D eigenvalue weighted by Crippen LogP contribution is -2.26. The Morgan fingerprint density at radius 1 is 1.36 bits per heavy atom. The third kappa shape index (κ3) is 3.71. The summed E-state index contributed by atoms with van der Waals surface area (Å²) < 4.78 is 10.8. The third-order valence-electron chi connectivity index (χ3n) is 4.19. The summed E-state index contributed by atoms with van der Waals surface area (Å²) in [6, 6.07) is 7.46. The van der Waals surface area contributed by atoms with E-state index in [4.69, 9.17) is 9.26 Å². The maximum Gasteiger partial charge on any atom is 0.252 e. The fourth-order valence-corrected chi connectivity index (χ4v) is 2.68. The predicted octanol–water partition coefficient (Wildman–Crippen LogP) is 2.81. The van der Waals surface area contributed by atoms with Gasteiger partial charge in [0.15, 0.2) is 5.82 Å². The Morgan fingerprint density at radius 3 is 2.84 bits per heavy atom. The zero-order valence-corrected chi connectivity index (χ0v) is 14.9. The van der Waals surface area contributed by atoms with E-state index >= 15 is 0 Å². The molecule has 7 nitrogen and oxygen atoms in total. The molecule has 7 heteroatoms. The molecule has 0 fully saturated rings. The van der Waals surface area contributed by atoms with Crippen molar-refractivity contribution in [1.82, 2.24) is 20.0 Å². The van der Waals surface area contributed by atoms with Crippen molar-refractivity contribution in [2.24, 2.45) is 0 Å². The molecule has 0 spiro atoms. The summed E-state index contributed by atoms with van der Waals surface area (Å²) in [6.07, 6.45) is 0. The first-order valence-electron chi connectivity index (χ1n) is 8.27. The Balaban J connectivity index is 1.86. The minimum absolute atomic E-state index is 0.0916. The van der Waals surface area contributed by atoms with Gasteiger partial charge in [0.25, 0.3) is 5.56 Å². The second-order valence-corrected chi connectivity index (χ2v) is 6.08. The van der Waals surface area contributed by atoms with E-state index < -0.39 is 0 Å². The van der Waals surface area contributed by atoms with Gasteiger partial charge in [-0.1, -0.05) is 5.16 Å². The van der Waals surface area contributed by atoms with Gasteiger partial charge in [0.05, 0.1) is 12.6 Å². The molecule has 1 aromatic carbocycles. The maximum absolute atomic E-state index is 12.4. The Bertz CT molecular complexity index is 931. The fraction of sp³-hybridized carbons (Fsp3) is 0.389. The number of aromatic amines is 1. The molecule has 2 aromatic heterocycles. The fourth-order valence-electron chi connectivity index (χ4n) is 2.68. The summed E-state index contributed by atoms with van der Waals surface area (Å²) in [7, 11) is 1.92. The topological polar surface area (TPSA) is 84.3 Å². The van der Waals surface area contributed by atoms with E-state index in [1.807, 2.05) is 50.1 Å². The average molecular weight is 342 g/mol. The molecule has 0 unspecified atom stereocenters. The second-order valence-electron chi connectivity index (χ2n) is 6.08. The van der Waals surface area contributed by atoms with Crippen LogP contribution in [0.4, 0.5) is 0 Å². The highest BCUT2D eigenvalue weighted by Gasteiger charge is 2.19. The van der Waals surface area contributed by atoms with E-state index in [1.54, 1.807) is 6.92 Å². The average Bonchev–Trinajstić information content (AvgIpc) is 3.01. The number of aromatic nitrogens is 3. The Hall–Kier alpha value is -2.67. The quantitative estimate of drug-likeness (QED) is 0.741. The van der Waals surface area contributed by atoms with Gasteiger partial charge in [-0.3, -0.25) is 9.69 Å². The number of rotatable bonds is 6. The van der Waals surface area contributed by atoms with Crippen molar-refractivity contribution in [3.8, 4) is 5.75 Å². The smallest absolute Gasteiger partial charge is 0.252 e. The molecule has 0 aliphatic rings. The molecule has 3 aromatic rings. The largest absolute Gasteiger partial charge is 0.494 e. The van der Waals surface area contributed by atoms with Crippen LogP contribution in [0.15, 0.2) is 33.6 Å². The van der Waals surface area contributed by atoms with Gasteiger partial charge >= 0.3 is 0 Å². The molecule has 0 aliphatic carbocycles. The first kappa shape index (κ1) is 17.2. The number of H-pyrrole nitrogens is 1. The summed E-state index contributed by atoms with van der Waals surface area (Å²) in [5.74, 6) is 1.93. The van der Waals surface area contributed by atoms with Crippen molar-refractivity contribution < 1.29 is 9.26 Å². The summed E-state index contributed by atoms with van der Waals surface area (Å²) in [5.41, 5.74) is 1.37.